The largest absolute Gasteiger partial charge is 0.309 e. The molecule has 2 aliphatic rings. The van der Waals surface area contributed by atoms with E-state index in [1.54, 1.807) is 0 Å². The summed E-state index contributed by atoms with van der Waals surface area (Å²) < 4.78 is 0. The maximum absolute atomic E-state index is 2.55. The summed E-state index contributed by atoms with van der Waals surface area (Å²) in [5.41, 5.74) is 20.1. The SMILES string of the molecule is CC1(C)c2ccccc2-c2c(N(c3ccc(-c4ccc(-c5ccccc5)c(-c5ccccc5)c4)cc3)c3ccccc3-c3cccc4cccc(C5CCCCC5)c34)cccc21. The Hall–Kier alpha value is -6.96. The predicted molar refractivity (Wildman–Crippen MR) is 264 cm³/mol. The van der Waals surface area contributed by atoms with Crippen LogP contribution in [0.2, 0.25) is 0 Å². The average molecular weight is 798 g/mol. The van der Waals surface area contributed by atoms with Gasteiger partial charge in [-0.05, 0) is 121 Å². The van der Waals surface area contributed by atoms with Crippen LogP contribution in [-0.2, 0) is 5.41 Å². The Balaban J connectivity index is 1.10. The highest BCUT2D eigenvalue weighted by Crippen LogP contribution is 2.55. The van der Waals surface area contributed by atoms with Crippen molar-refractivity contribution in [1.29, 1.82) is 0 Å². The Morgan fingerprint density at radius 2 is 0.984 bits per heavy atom. The molecule has 62 heavy (non-hydrogen) atoms. The van der Waals surface area contributed by atoms with Gasteiger partial charge in [0.25, 0.3) is 0 Å². The van der Waals surface area contributed by atoms with Crippen molar-refractivity contribution < 1.29 is 0 Å². The van der Waals surface area contributed by atoms with Crippen LogP contribution >= 0.6 is 0 Å². The van der Waals surface area contributed by atoms with E-state index in [0.29, 0.717) is 5.92 Å². The van der Waals surface area contributed by atoms with Crippen LogP contribution < -0.4 is 4.90 Å². The maximum atomic E-state index is 2.55. The lowest BCUT2D eigenvalue weighted by molar-refractivity contribution is 0.445. The third-order valence-electron chi connectivity index (χ3n) is 13.9. The number of hydrogen-bond donors (Lipinski definition) is 0. The quantitative estimate of drug-likeness (QED) is 0.148. The summed E-state index contributed by atoms with van der Waals surface area (Å²) in [5.74, 6) is 0.588. The molecule has 0 atom stereocenters. The first kappa shape index (κ1) is 38.0. The van der Waals surface area contributed by atoms with Gasteiger partial charge in [0, 0.05) is 22.2 Å². The topological polar surface area (TPSA) is 3.24 Å². The fourth-order valence-electron chi connectivity index (χ4n) is 10.8. The third-order valence-corrected chi connectivity index (χ3v) is 13.9. The Kier molecular flexibility index (Phi) is 9.69. The van der Waals surface area contributed by atoms with E-state index < -0.39 is 0 Å². The van der Waals surface area contributed by atoms with E-state index in [-0.39, 0.29) is 5.41 Å². The first-order valence-corrected chi connectivity index (χ1v) is 22.5. The summed E-state index contributed by atoms with van der Waals surface area (Å²) in [4.78, 5) is 2.55. The van der Waals surface area contributed by atoms with Crippen LogP contribution in [0.1, 0.15) is 68.6 Å². The van der Waals surface area contributed by atoms with E-state index >= 15 is 0 Å². The van der Waals surface area contributed by atoms with Gasteiger partial charge in [-0.1, -0.05) is 209 Å². The lowest BCUT2D eigenvalue weighted by atomic mass is 9.80. The van der Waals surface area contributed by atoms with E-state index in [4.69, 9.17) is 0 Å². The van der Waals surface area contributed by atoms with Gasteiger partial charge in [0.05, 0.1) is 11.4 Å². The highest BCUT2D eigenvalue weighted by atomic mass is 15.1. The van der Waals surface area contributed by atoms with Gasteiger partial charge in [-0.3, -0.25) is 0 Å². The zero-order valence-electron chi connectivity index (χ0n) is 35.7. The molecule has 0 radical (unpaired) electrons. The molecule has 1 saturated carbocycles. The second kappa shape index (κ2) is 15.8. The second-order valence-corrected chi connectivity index (χ2v) is 17.8. The van der Waals surface area contributed by atoms with E-state index in [1.165, 1.54) is 127 Å². The smallest absolute Gasteiger partial charge is 0.0543 e. The normalized spacial score (nSPS) is 14.4. The van der Waals surface area contributed by atoms with Gasteiger partial charge in [-0.15, -0.1) is 0 Å². The Labute approximate surface area is 367 Å². The van der Waals surface area contributed by atoms with Crippen LogP contribution in [0.15, 0.2) is 206 Å². The minimum atomic E-state index is -0.121. The molecule has 1 nitrogen and oxygen atoms in total. The molecule has 0 bridgehead atoms. The van der Waals surface area contributed by atoms with Crippen molar-refractivity contribution in [2.24, 2.45) is 0 Å². The van der Waals surface area contributed by atoms with Crippen molar-refractivity contribution in [3.05, 3.63) is 223 Å². The summed E-state index contributed by atoms with van der Waals surface area (Å²) in [5, 5.41) is 2.73. The minimum absolute atomic E-state index is 0.121. The van der Waals surface area contributed by atoms with E-state index in [9.17, 15) is 0 Å². The lowest BCUT2D eigenvalue weighted by Gasteiger charge is -2.31. The molecule has 9 aromatic carbocycles. The monoisotopic (exact) mass is 797 g/mol. The molecule has 0 heterocycles. The molecular weight excluding hydrogens is 747 g/mol. The number of hydrogen-bond acceptors (Lipinski definition) is 1. The van der Waals surface area contributed by atoms with Crippen LogP contribution in [0.3, 0.4) is 0 Å². The number of anilines is 3. The fraction of sp³-hybridized carbons (Fsp3) is 0.148. The van der Waals surface area contributed by atoms with Gasteiger partial charge in [-0.2, -0.15) is 0 Å². The number of rotatable bonds is 8. The molecule has 0 saturated heterocycles. The standard InChI is InChI=1S/C61H51N/c1-61(2)55-31-14-12-28-53(55)60-56(61)32-18-34-58(60)62(57-33-15-13-27-51(57)52-30-17-26-46-25-16-29-50(59(46)52)44-21-8-4-9-22-44)48-38-35-42(36-39-48)47-37-40-49(43-19-6-3-7-20-43)54(41-47)45-23-10-5-11-24-45/h3,5-7,10-20,23-41,44H,4,8-9,21-22H2,1-2H3. The van der Waals surface area contributed by atoms with Crippen LogP contribution in [0, 0.1) is 0 Å². The predicted octanol–water partition coefficient (Wildman–Crippen LogP) is 17.3. The van der Waals surface area contributed by atoms with Crippen molar-refractivity contribution in [2.45, 2.75) is 57.3 Å². The Morgan fingerprint density at radius 1 is 0.403 bits per heavy atom. The van der Waals surface area contributed by atoms with E-state index in [0.717, 1.165) is 5.69 Å². The van der Waals surface area contributed by atoms with Crippen LogP contribution in [0.25, 0.3) is 66.4 Å². The second-order valence-electron chi connectivity index (χ2n) is 17.8. The van der Waals surface area contributed by atoms with Gasteiger partial charge >= 0.3 is 0 Å². The van der Waals surface area contributed by atoms with Crippen molar-refractivity contribution in [3.8, 4) is 55.6 Å². The number of nitrogens with zero attached hydrogens (tertiary/aromatic N) is 1. The molecule has 1 heteroatoms. The first-order valence-electron chi connectivity index (χ1n) is 22.5. The van der Waals surface area contributed by atoms with Gasteiger partial charge in [-0.25, -0.2) is 0 Å². The van der Waals surface area contributed by atoms with Crippen molar-refractivity contribution in [1.82, 2.24) is 0 Å². The summed E-state index contributed by atoms with van der Waals surface area (Å²) in [6.45, 7) is 4.76. The summed E-state index contributed by atoms with van der Waals surface area (Å²) in [6, 6.07) is 76.8. The van der Waals surface area contributed by atoms with Crippen molar-refractivity contribution in [2.75, 3.05) is 4.90 Å². The molecule has 0 N–H and O–H groups in total. The molecule has 0 aliphatic heterocycles. The lowest BCUT2D eigenvalue weighted by Crippen LogP contribution is -2.16. The van der Waals surface area contributed by atoms with Crippen LogP contribution in [-0.4, -0.2) is 0 Å². The zero-order chi connectivity index (χ0) is 41.6. The summed E-state index contributed by atoms with van der Waals surface area (Å²) >= 11 is 0. The molecule has 1 fully saturated rings. The molecular formula is C61H51N. The van der Waals surface area contributed by atoms with Gasteiger partial charge in [0.2, 0.25) is 0 Å². The molecule has 9 aromatic rings. The average Bonchev–Trinajstić information content (AvgIpc) is 3.58. The maximum Gasteiger partial charge on any atom is 0.0543 e. The third kappa shape index (κ3) is 6.55. The van der Waals surface area contributed by atoms with Gasteiger partial charge in [0.15, 0.2) is 0 Å². The minimum Gasteiger partial charge on any atom is -0.309 e. The Morgan fingerprint density at radius 3 is 1.74 bits per heavy atom. The molecule has 2 aliphatic carbocycles. The van der Waals surface area contributed by atoms with Crippen molar-refractivity contribution in [3.63, 3.8) is 0 Å². The van der Waals surface area contributed by atoms with Gasteiger partial charge < -0.3 is 4.90 Å². The molecule has 11 rings (SSSR count). The number of para-hydroxylation sites is 1. The first-order chi connectivity index (χ1) is 30.5. The van der Waals surface area contributed by atoms with Crippen LogP contribution in [0.5, 0.6) is 0 Å². The molecule has 0 aromatic heterocycles. The van der Waals surface area contributed by atoms with E-state index in [2.05, 4.69) is 225 Å². The highest BCUT2D eigenvalue weighted by molar-refractivity contribution is 6.05. The summed E-state index contributed by atoms with van der Waals surface area (Å²) in [7, 11) is 0. The molecule has 300 valence electrons. The van der Waals surface area contributed by atoms with Gasteiger partial charge in [0.1, 0.15) is 0 Å². The number of fused-ring (bicyclic) bond motifs is 4. The van der Waals surface area contributed by atoms with E-state index in [1.807, 2.05) is 0 Å². The molecule has 0 spiro atoms. The van der Waals surface area contributed by atoms with Crippen LogP contribution in [0.4, 0.5) is 17.1 Å². The fourth-order valence-corrected chi connectivity index (χ4v) is 10.8. The zero-order valence-corrected chi connectivity index (χ0v) is 35.7. The Bertz CT molecular complexity index is 3060. The summed E-state index contributed by atoms with van der Waals surface area (Å²) in [6.07, 6.45) is 6.50. The molecule has 0 amide bonds. The number of benzene rings is 9. The molecule has 0 unspecified atom stereocenters. The van der Waals surface area contributed by atoms with Crippen molar-refractivity contribution >= 4 is 27.8 Å². The highest BCUT2D eigenvalue weighted by Gasteiger charge is 2.38.